The second-order valence-electron chi connectivity index (χ2n) is 3.23. The maximum Gasteiger partial charge on any atom is 0.165 e. The molecule has 0 N–H and O–H groups in total. The molecule has 0 amide bonds. The first-order valence-corrected chi connectivity index (χ1v) is 6.12. The van der Waals surface area contributed by atoms with E-state index in [9.17, 15) is 8.78 Å². The number of hydrogen-bond donors (Lipinski definition) is 0. The van der Waals surface area contributed by atoms with Gasteiger partial charge in [0.05, 0.1) is 6.61 Å². The number of halogens is 2. The van der Waals surface area contributed by atoms with Gasteiger partial charge in [0, 0.05) is 6.07 Å². The minimum atomic E-state index is -0.502. The number of rotatable bonds is 5. The molecule has 15 heavy (non-hydrogen) atoms. The lowest BCUT2D eigenvalue weighted by Gasteiger charge is -2.07. The van der Waals surface area contributed by atoms with E-state index >= 15 is 0 Å². The zero-order valence-electron chi connectivity index (χ0n) is 8.85. The summed E-state index contributed by atoms with van der Waals surface area (Å²) in [5.74, 6) is 0.0178. The van der Waals surface area contributed by atoms with Gasteiger partial charge in [-0.05, 0) is 37.0 Å². The summed E-state index contributed by atoms with van der Waals surface area (Å²) in [5.41, 5.74) is 0.295. The molecule has 0 aromatic heterocycles. The van der Waals surface area contributed by atoms with Crippen LogP contribution in [0.1, 0.15) is 12.0 Å². The Bertz CT molecular complexity index is 329. The summed E-state index contributed by atoms with van der Waals surface area (Å²) in [4.78, 5) is 0. The van der Waals surface area contributed by atoms with Crippen LogP contribution >= 0.6 is 11.8 Å². The maximum absolute atomic E-state index is 13.2. The van der Waals surface area contributed by atoms with E-state index in [1.807, 2.05) is 6.26 Å². The molecular weight excluding hydrogens is 218 g/mol. The fourth-order valence-electron chi connectivity index (χ4n) is 1.12. The summed E-state index contributed by atoms with van der Waals surface area (Å²) in [6, 6.07) is 2.25. The van der Waals surface area contributed by atoms with Gasteiger partial charge in [-0.2, -0.15) is 11.8 Å². The molecule has 0 atom stereocenters. The Balaban J connectivity index is 2.57. The molecule has 0 heterocycles. The Morgan fingerprint density at radius 3 is 2.67 bits per heavy atom. The molecule has 1 aromatic carbocycles. The van der Waals surface area contributed by atoms with Crippen LogP contribution in [0.15, 0.2) is 12.1 Å². The van der Waals surface area contributed by atoms with Crippen molar-refractivity contribution in [3.8, 4) is 5.75 Å². The van der Waals surface area contributed by atoms with Crippen molar-refractivity contribution in [3.05, 3.63) is 29.3 Å². The van der Waals surface area contributed by atoms with E-state index < -0.39 is 11.6 Å². The molecule has 0 aliphatic carbocycles. The Hall–Kier alpha value is -0.770. The number of aryl methyl sites for hydroxylation is 1. The fraction of sp³-hybridized carbons (Fsp3) is 0.455. The van der Waals surface area contributed by atoms with Gasteiger partial charge in [-0.25, -0.2) is 8.78 Å². The lowest BCUT2D eigenvalue weighted by molar-refractivity contribution is 0.300. The highest BCUT2D eigenvalue weighted by molar-refractivity contribution is 7.98. The van der Waals surface area contributed by atoms with E-state index in [-0.39, 0.29) is 5.75 Å². The van der Waals surface area contributed by atoms with Crippen molar-refractivity contribution in [3.63, 3.8) is 0 Å². The third-order valence-electron chi connectivity index (χ3n) is 1.96. The van der Waals surface area contributed by atoms with Gasteiger partial charge in [-0.15, -0.1) is 0 Å². The molecule has 0 saturated carbocycles. The van der Waals surface area contributed by atoms with Crippen molar-refractivity contribution in [1.29, 1.82) is 0 Å². The van der Waals surface area contributed by atoms with Crippen LogP contribution in [0, 0.1) is 18.6 Å². The lowest BCUT2D eigenvalue weighted by Crippen LogP contribution is -2.01. The molecule has 1 aromatic rings. The van der Waals surface area contributed by atoms with Gasteiger partial charge in [0.1, 0.15) is 5.82 Å². The largest absolute Gasteiger partial charge is 0.490 e. The third-order valence-corrected chi connectivity index (χ3v) is 2.66. The van der Waals surface area contributed by atoms with E-state index in [0.717, 1.165) is 24.3 Å². The van der Waals surface area contributed by atoms with E-state index in [1.165, 1.54) is 6.92 Å². The highest BCUT2D eigenvalue weighted by Gasteiger charge is 2.07. The van der Waals surface area contributed by atoms with Crippen molar-refractivity contribution >= 4 is 11.8 Å². The summed E-state index contributed by atoms with van der Waals surface area (Å²) >= 11 is 1.70. The van der Waals surface area contributed by atoms with E-state index in [4.69, 9.17) is 4.74 Å². The molecule has 4 heteroatoms. The number of thioether (sulfide) groups is 1. The minimum absolute atomic E-state index is 0.000738. The zero-order chi connectivity index (χ0) is 11.3. The fourth-order valence-corrected chi connectivity index (χ4v) is 1.53. The van der Waals surface area contributed by atoms with Gasteiger partial charge < -0.3 is 4.74 Å². The van der Waals surface area contributed by atoms with Crippen LogP contribution < -0.4 is 4.74 Å². The number of ether oxygens (including phenoxy) is 1. The molecule has 0 aliphatic rings. The molecule has 0 spiro atoms. The summed E-state index contributed by atoms with van der Waals surface area (Å²) < 4.78 is 31.5. The van der Waals surface area contributed by atoms with E-state index in [0.29, 0.717) is 12.2 Å². The van der Waals surface area contributed by atoms with Crippen molar-refractivity contribution in [2.24, 2.45) is 0 Å². The molecule has 84 valence electrons. The predicted octanol–water partition coefficient (Wildman–Crippen LogP) is 3.41. The van der Waals surface area contributed by atoms with Crippen LogP contribution in [0.25, 0.3) is 0 Å². The maximum atomic E-state index is 13.2. The van der Waals surface area contributed by atoms with Crippen LogP contribution in [0.5, 0.6) is 5.75 Å². The molecule has 0 aliphatic heterocycles. The molecule has 0 bridgehead atoms. The smallest absolute Gasteiger partial charge is 0.165 e. The predicted molar refractivity (Wildman–Crippen MR) is 59.6 cm³/mol. The third kappa shape index (κ3) is 3.70. The van der Waals surface area contributed by atoms with Gasteiger partial charge in [0.2, 0.25) is 0 Å². The Kier molecular flexibility index (Phi) is 4.88. The quantitative estimate of drug-likeness (QED) is 0.719. The Morgan fingerprint density at radius 1 is 1.27 bits per heavy atom. The van der Waals surface area contributed by atoms with Crippen LogP contribution in [0.4, 0.5) is 8.78 Å². The molecule has 1 rings (SSSR count). The van der Waals surface area contributed by atoms with Gasteiger partial charge in [0.25, 0.3) is 0 Å². The number of benzene rings is 1. The summed E-state index contributed by atoms with van der Waals surface area (Å²) in [7, 11) is 0. The highest BCUT2D eigenvalue weighted by Crippen LogP contribution is 2.21. The topological polar surface area (TPSA) is 9.23 Å². The highest BCUT2D eigenvalue weighted by atomic mass is 32.2. The van der Waals surface area contributed by atoms with Crippen LogP contribution in [0.3, 0.4) is 0 Å². The van der Waals surface area contributed by atoms with Crippen molar-refractivity contribution in [2.75, 3.05) is 18.6 Å². The van der Waals surface area contributed by atoms with Crippen molar-refractivity contribution in [2.45, 2.75) is 13.3 Å². The van der Waals surface area contributed by atoms with Crippen LogP contribution in [-0.4, -0.2) is 18.6 Å². The van der Waals surface area contributed by atoms with E-state index in [1.54, 1.807) is 11.8 Å². The molecule has 0 saturated heterocycles. The van der Waals surface area contributed by atoms with Gasteiger partial charge in [-0.3, -0.25) is 0 Å². The van der Waals surface area contributed by atoms with Gasteiger partial charge in [0.15, 0.2) is 11.6 Å². The zero-order valence-corrected chi connectivity index (χ0v) is 9.66. The minimum Gasteiger partial charge on any atom is -0.490 e. The summed E-state index contributed by atoms with van der Waals surface area (Å²) in [6.07, 6.45) is 2.82. The Morgan fingerprint density at radius 2 is 2.00 bits per heavy atom. The van der Waals surface area contributed by atoms with Crippen molar-refractivity contribution in [1.82, 2.24) is 0 Å². The van der Waals surface area contributed by atoms with Gasteiger partial charge in [-0.1, -0.05) is 0 Å². The van der Waals surface area contributed by atoms with E-state index in [2.05, 4.69) is 0 Å². The summed E-state index contributed by atoms with van der Waals surface area (Å²) in [6.45, 7) is 1.94. The first kappa shape index (κ1) is 12.3. The normalized spacial score (nSPS) is 10.4. The standard InChI is InChI=1S/C11H14F2OS/c1-8-6-10(13)11(7-9(8)12)14-4-3-5-15-2/h6-7H,3-5H2,1-2H3. The summed E-state index contributed by atoms with van der Waals surface area (Å²) in [5, 5.41) is 0. The second-order valence-corrected chi connectivity index (χ2v) is 4.21. The molecule has 0 unspecified atom stereocenters. The van der Waals surface area contributed by atoms with Gasteiger partial charge >= 0.3 is 0 Å². The lowest BCUT2D eigenvalue weighted by atomic mass is 10.2. The molecule has 0 radical (unpaired) electrons. The Labute approximate surface area is 92.8 Å². The average Bonchev–Trinajstić information content (AvgIpc) is 2.20. The second kappa shape index (κ2) is 5.95. The molecular formula is C11H14F2OS. The molecule has 0 fully saturated rings. The van der Waals surface area contributed by atoms with Crippen molar-refractivity contribution < 1.29 is 13.5 Å². The number of hydrogen-bond acceptors (Lipinski definition) is 2. The molecule has 1 nitrogen and oxygen atoms in total. The van der Waals surface area contributed by atoms with Crippen LogP contribution in [0.2, 0.25) is 0 Å². The SMILES string of the molecule is CSCCCOc1cc(F)c(C)cc1F. The average molecular weight is 232 g/mol. The first-order chi connectivity index (χ1) is 7.15. The monoisotopic (exact) mass is 232 g/mol. The first-order valence-electron chi connectivity index (χ1n) is 4.72. The van der Waals surface area contributed by atoms with Crippen LogP contribution in [-0.2, 0) is 0 Å².